The van der Waals surface area contributed by atoms with Crippen molar-refractivity contribution in [3.05, 3.63) is 52.4 Å². The molecular formula is C16H15ClN4. The van der Waals surface area contributed by atoms with Crippen molar-refractivity contribution in [2.75, 3.05) is 0 Å². The number of aryl methyl sites for hydroxylation is 2. The zero-order chi connectivity index (χ0) is 15.0. The second kappa shape index (κ2) is 5.27. The van der Waals surface area contributed by atoms with Crippen molar-refractivity contribution >= 4 is 22.5 Å². The molecule has 0 amide bonds. The Bertz CT molecular complexity index is 851. The Balaban J connectivity index is 2.06. The number of aromatic nitrogens is 3. The average molecular weight is 299 g/mol. The van der Waals surface area contributed by atoms with Crippen LogP contribution in [0.15, 0.2) is 30.5 Å². The van der Waals surface area contributed by atoms with Crippen molar-refractivity contribution < 1.29 is 0 Å². The minimum atomic E-state index is 0.640. The van der Waals surface area contributed by atoms with Gasteiger partial charge in [0.15, 0.2) is 0 Å². The molecule has 0 N–H and O–H groups in total. The lowest BCUT2D eigenvalue weighted by molar-refractivity contribution is 0.670. The lowest BCUT2D eigenvalue weighted by Gasteiger charge is -2.07. The van der Waals surface area contributed by atoms with Crippen LogP contribution in [0.1, 0.15) is 23.9 Å². The molecule has 0 aliphatic heterocycles. The van der Waals surface area contributed by atoms with Crippen LogP contribution in [0.5, 0.6) is 0 Å². The number of hydrogen-bond acceptors (Lipinski definition) is 2. The smallest absolute Gasteiger partial charge is 0.0992 e. The first-order chi connectivity index (χ1) is 10.1. The van der Waals surface area contributed by atoms with E-state index in [0.29, 0.717) is 12.1 Å². The quantitative estimate of drug-likeness (QED) is 0.743. The third-order valence-electron chi connectivity index (χ3n) is 3.73. The van der Waals surface area contributed by atoms with Gasteiger partial charge in [-0.2, -0.15) is 10.4 Å². The average Bonchev–Trinajstić information content (AvgIpc) is 3.02. The van der Waals surface area contributed by atoms with Gasteiger partial charge in [0.05, 0.1) is 34.6 Å². The van der Waals surface area contributed by atoms with Gasteiger partial charge in [-0.3, -0.25) is 4.68 Å². The molecule has 5 heteroatoms. The summed E-state index contributed by atoms with van der Waals surface area (Å²) < 4.78 is 3.93. The summed E-state index contributed by atoms with van der Waals surface area (Å²) in [6.45, 7) is 2.68. The lowest BCUT2D eigenvalue weighted by atomic mass is 10.2. The molecule has 2 heterocycles. The predicted octanol–water partition coefficient (Wildman–Crippen LogP) is 3.51. The SMILES string of the molecule is CCc1nn(C)c(Cn2ccc3ccc(C#N)cc32)c1Cl. The van der Waals surface area contributed by atoms with E-state index < -0.39 is 0 Å². The van der Waals surface area contributed by atoms with Gasteiger partial charge in [0, 0.05) is 18.8 Å². The third-order valence-corrected chi connectivity index (χ3v) is 4.16. The number of hydrogen-bond donors (Lipinski definition) is 0. The maximum absolute atomic E-state index is 9.04. The summed E-state index contributed by atoms with van der Waals surface area (Å²) in [6.07, 6.45) is 2.83. The molecule has 0 aliphatic rings. The standard InChI is InChI=1S/C16H15ClN4/c1-3-13-16(17)15(20(2)19-13)10-21-7-6-12-5-4-11(9-18)8-14(12)21/h4-8H,3,10H2,1-2H3. The van der Waals surface area contributed by atoms with E-state index in [1.807, 2.05) is 49.1 Å². The van der Waals surface area contributed by atoms with Crippen molar-refractivity contribution in [2.24, 2.45) is 7.05 Å². The summed E-state index contributed by atoms with van der Waals surface area (Å²) in [5.74, 6) is 0. The molecule has 4 nitrogen and oxygen atoms in total. The molecule has 1 aromatic carbocycles. The van der Waals surface area contributed by atoms with E-state index in [2.05, 4.69) is 15.7 Å². The van der Waals surface area contributed by atoms with Crippen LogP contribution in [0.3, 0.4) is 0 Å². The highest BCUT2D eigenvalue weighted by molar-refractivity contribution is 6.31. The van der Waals surface area contributed by atoms with Crippen molar-refractivity contribution in [3.63, 3.8) is 0 Å². The molecule has 0 spiro atoms. The first kappa shape index (κ1) is 13.7. The van der Waals surface area contributed by atoms with Crippen LogP contribution in [0.25, 0.3) is 10.9 Å². The van der Waals surface area contributed by atoms with E-state index in [4.69, 9.17) is 16.9 Å². The van der Waals surface area contributed by atoms with Crippen molar-refractivity contribution in [1.82, 2.24) is 14.3 Å². The summed E-state index contributed by atoms with van der Waals surface area (Å²) in [5.41, 5.74) is 3.59. The fourth-order valence-corrected chi connectivity index (χ4v) is 2.90. The van der Waals surface area contributed by atoms with Gasteiger partial charge in [0.2, 0.25) is 0 Å². The van der Waals surface area contributed by atoms with Gasteiger partial charge in [-0.05, 0) is 30.0 Å². The highest BCUT2D eigenvalue weighted by Crippen LogP contribution is 2.24. The molecule has 0 bridgehead atoms. The van der Waals surface area contributed by atoms with Crippen LogP contribution in [0.4, 0.5) is 0 Å². The summed E-state index contributed by atoms with van der Waals surface area (Å²) >= 11 is 6.41. The molecule has 0 radical (unpaired) electrons. The molecule has 3 aromatic rings. The lowest BCUT2D eigenvalue weighted by Crippen LogP contribution is -2.05. The molecule has 0 fully saturated rings. The summed E-state index contributed by atoms with van der Waals surface area (Å²) in [6, 6.07) is 9.92. The van der Waals surface area contributed by atoms with Crippen molar-refractivity contribution in [3.8, 4) is 6.07 Å². The van der Waals surface area contributed by atoms with Crippen LogP contribution >= 0.6 is 11.6 Å². The zero-order valence-corrected chi connectivity index (χ0v) is 12.7. The molecule has 0 saturated heterocycles. The first-order valence-corrected chi connectivity index (χ1v) is 7.21. The van der Waals surface area contributed by atoms with Gasteiger partial charge in [0.25, 0.3) is 0 Å². The highest BCUT2D eigenvalue weighted by Gasteiger charge is 2.14. The Morgan fingerprint density at radius 1 is 1.33 bits per heavy atom. The molecule has 2 aromatic heterocycles. The van der Waals surface area contributed by atoms with Gasteiger partial charge in [-0.15, -0.1) is 0 Å². The topological polar surface area (TPSA) is 46.5 Å². The van der Waals surface area contributed by atoms with Crippen LogP contribution in [-0.4, -0.2) is 14.3 Å². The van der Waals surface area contributed by atoms with E-state index in [0.717, 1.165) is 33.7 Å². The second-order valence-electron chi connectivity index (χ2n) is 5.01. The largest absolute Gasteiger partial charge is 0.341 e. The summed E-state index contributed by atoms with van der Waals surface area (Å²) in [4.78, 5) is 0. The number of nitrogens with zero attached hydrogens (tertiary/aromatic N) is 4. The number of benzene rings is 1. The van der Waals surface area contributed by atoms with E-state index in [1.54, 1.807) is 0 Å². The fourth-order valence-electron chi connectivity index (χ4n) is 2.54. The second-order valence-corrected chi connectivity index (χ2v) is 5.39. The Morgan fingerprint density at radius 2 is 2.14 bits per heavy atom. The van der Waals surface area contributed by atoms with Crippen LogP contribution in [-0.2, 0) is 20.0 Å². The zero-order valence-electron chi connectivity index (χ0n) is 12.0. The normalized spacial score (nSPS) is 11.0. The van der Waals surface area contributed by atoms with Crippen LogP contribution < -0.4 is 0 Å². The molecule has 21 heavy (non-hydrogen) atoms. The summed E-state index contributed by atoms with van der Waals surface area (Å²) in [5, 5.41) is 15.3. The van der Waals surface area contributed by atoms with Gasteiger partial charge < -0.3 is 4.57 Å². The molecule has 3 rings (SSSR count). The first-order valence-electron chi connectivity index (χ1n) is 6.83. The Hall–Kier alpha value is -2.25. The van der Waals surface area contributed by atoms with Crippen LogP contribution in [0.2, 0.25) is 5.02 Å². The maximum Gasteiger partial charge on any atom is 0.0992 e. The van der Waals surface area contributed by atoms with Crippen molar-refractivity contribution in [1.29, 1.82) is 5.26 Å². The maximum atomic E-state index is 9.04. The van der Waals surface area contributed by atoms with Gasteiger partial charge in [0.1, 0.15) is 0 Å². The molecule has 0 atom stereocenters. The van der Waals surface area contributed by atoms with Crippen molar-refractivity contribution in [2.45, 2.75) is 19.9 Å². The molecule has 106 valence electrons. The minimum Gasteiger partial charge on any atom is -0.341 e. The Morgan fingerprint density at radius 3 is 2.81 bits per heavy atom. The van der Waals surface area contributed by atoms with E-state index in [1.165, 1.54) is 0 Å². The fraction of sp³-hybridized carbons (Fsp3) is 0.250. The van der Waals surface area contributed by atoms with E-state index in [9.17, 15) is 0 Å². The molecular weight excluding hydrogens is 284 g/mol. The van der Waals surface area contributed by atoms with Gasteiger partial charge in [-0.25, -0.2) is 0 Å². The van der Waals surface area contributed by atoms with E-state index in [-0.39, 0.29) is 0 Å². The summed E-state index contributed by atoms with van der Waals surface area (Å²) in [7, 11) is 1.91. The number of fused-ring (bicyclic) bond motifs is 1. The molecule has 0 unspecified atom stereocenters. The number of halogens is 1. The Labute approximate surface area is 128 Å². The highest BCUT2D eigenvalue weighted by atomic mass is 35.5. The molecule has 0 aliphatic carbocycles. The van der Waals surface area contributed by atoms with Gasteiger partial charge in [-0.1, -0.05) is 24.6 Å². The predicted molar refractivity (Wildman–Crippen MR) is 83.4 cm³/mol. The number of rotatable bonds is 3. The monoisotopic (exact) mass is 298 g/mol. The number of nitriles is 1. The Kier molecular flexibility index (Phi) is 3.44. The minimum absolute atomic E-state index is 0.640. The molecule has 0 saturated carbocycles. The van der Waals surface area contributed by atoms with Gasteiger partial charge >= 0.3 is 0 Å². The van der Waals surface area contributed by atoms with Crippen LogP contribution in [0, 0.1) is 11.3 Å². The van der Waals surface area contributed by atoms with E-state index >= 15 is 0 Å². The third kappa shape index (κ3) is 2.30.